The van der Waals surface area contributed by atoms with Gasteiger partial charge >= 0.3 is 0 Å². The fourth-order valence-electron chi connectivity index (χ4n) is 2.08. The fourth-order valence-corrected chi connectivity index (χ4v) is 2.21. The van der Waals surface area contributed by atoms with Crippen LogP contribution in [-0.2, 0) is 4.79 Å². The molecule has 1 aromatic rings. The number of hydrogen-bond acceptors (Lipinski definition) is 2. The molecule has 0 amide bonds. The van der Waals surface area contributed by atoms with E-state index in [0.29, 0.717) is 23.4 Å². The Bertz CT molecular complexity index is 408. The molecule has 1 saturated carbocycles. The molecule has 0 saturated heterocycles. The van der Waals surface area contributed by atoms with Crippen LogP contribution in [0.25, 0.3) is 0 Å². The molecule has 1 atom stereocenters. The molecule has 3 heteroatoms. The van der Waals surface area contributed by atoms with Crippen molar-refractivity contribution in [2.24, 2.45) is 5.92 Å². The molecular formula is C13H13ClO2. The van der Waals surface area contributed by atoms with Gasteiger partial charge in [0.25, 0.3) is 0 Å². The highest BCUT2D eigenvalue weighted by Crippen LogP contribution is 2.25. The highest BCUT2D eigenvalue weighted by Gasteiger charge is 2.26. The zero-order valence-electron chi connectivity index (χ0n) is 8.91. The molecule has 1 unspecified atom stereocenters. The number of carbonyl (C=O) groups is 2. The van der Waals surface area contributed by atoms with E-state index < -0.39 is 0 Å². The van der Waals surface area contributed by atoms with Gasteiger partial charge in [-0.3, -0.25) is 9.59 Å². The molecule has 2 rings (SSSR count). The summed E-state index contributed by atoms with van der Waals surface area (Å²) in [4.78, 5) is 23.3. The average molecular weight is 237 g/mol. The van der Waals surface area contributed by atoms with E-state index in [-0.39, 0.29) is 17.5 Å². The van der Waals surface area contributed by atoms with Gasteiger partial charge in [0.1, 0.15) is 5.78 Å². The summed E-state index contributed by atoms with van der Waals surface area (Å²) < 4.78 is 0. The van der Waals surface area contributed by atoms with Crippen LogP contribution in [0, 0.1) is 5.92 Å². The first kappa shape index (κ1) is 11.3. The largest absolute Gasteiger partial charge is 0.299 e. The van der Waals surface area contributed by atoms with E-state index in [1.165, 1.54) is 0 Å². The van der Waals surface area contributed by atoms with Crippen molar-refractivity contribution in [1.29, 1.82) is 0 Å². The van der Waals surface area contributed by atoms with Crippen LogP contribution in [0.1, 0.15) is 36.0 Å². The fraction of sp³-hybridized carbons (Fsp3) is 0.385. The van der Waals surface area contributed by atoms with Crippen LogP contribution in [0.3, 0.4) is 0 Å². The molecule has 1 aliphatic carbocycles. The van der Waals surface area contributed by atoms with Crippen molar-refractivity contribution in [2.75, 3.05) is 0 Å². The average Bonchev–Trinajstić information content (AvgIpc) is 2.65. The lowest BCUT2D eigenvalue weighted by molar-refractivity contribution is -0.120. The molecular weight excluding hydrogens is 224 g/mol. The van der Waals surface area contributed by atoms with Crippen molar-refractivity contribution in [2.45, 2.75) is 25.7 Å². The quantitative estimate of drug-likeness (QED) is 0.755. The molecule has 84 valence electrons. The monoisotopic (exact) mass is 236 g/mol. The van der Waals surface area contributed by atoms with E-state index >= 15 is 0 Å². The van der Waals surface area contributed by atoms with Crippen LogP contribution in [0.15, 0.2) is 24.3 Å². The Morgan fingerprint density at radius 1 is 1.31 bits per heavy atom. The molecule has 1 aliphatic rings. The number of halogens is 1. The minimum atomic E-state index is -0.0526. The molecule has 0 aliphatic heterocycles. The van der Waals surface area contributed by atoms with Gasteiger partial charge in [-0.05, 0) is 37.1 Å². The highest BCUT2D eigenvalue weighted by atomic mass is 35.5. The molecule has 2 nitrogen and oxygen atoms in total. The van der Waals surface area contributed by atoms with Crippen molar-refractivity contribution in [3.8, 4) is 0 Å². The number of rotatable bonds is 3. The molecule has 0 radical (unpaired) electrons. The normalized spacial score (nSPS) is 20.1. The van der Waals surface area contributed by atoms with E-state index in [4.69, 9.17) is 11.6 Å². The molecule has 0 aromatic heterocycles. The summed E-state index contributed by atoms with van der Waals surface area (Å²) in [5.41, 5.74) is 0.643. The van der Waals surface area contributed by atoms with Gasteiger partial charge < -0.3 is 0 Å². The Morgan fingerprint density at radius 2 is 2.00 bits per heavy atom. The van der Waals surface area contributed by atoms with Crippen molar-refractivity contribution in [1.82, 2.24) is 0 Å². The number of benzene rings is 1. The van der Waals surface area contributed by atoms with Gasteiger partial charge in [0.2, 0.25) is 0 Å². The van der Waals surface area contributed by atoms with Crippen LogP contribution >= 0.6 is 11.6 Å². The maximum absolute atomic E-state index is 11.9. The predicted molar refractivity (Wildman–Crippen MR) is 62.7 cm³/mol. The molecule has 0 heterocycles. The van der Waals surface area contributed by atoms with Crippen molar-refractivity contribution in [3.05, 3.63) is 34.9 Å². The third kappa shape index (κ3) is 2.50. The van der Waals surface area contributed by atoms with E-state index in [2.05, 4.69) is 0 Å². The molecule has 16 heavy (non-hydrogen) atoms. The zero-order valence-corrected chi connectivity index (χ0v) is 9.67. The maximum Gasteiger partial charge on any atom is 0.163 e. The lowest BCUT2D eigenvalue weighted by Crippen LogP contribution is -2.12. The molecule has 0 bridgehead atoms. The second-order valence-electron chi connectivity index (χ2n) is 4.19. The minimum absolute atomic E-state index is 0.0388. The first-order valence-electron chi connectivity index (χ1n) is 5.48. The summed E-state index contributed by atoms with van der Waals surface area (Å²) in [6.07, 6.45) is 2.77. The van der Waals surface area contributed by atoms with E-state index in [1.54, 1.807) is 24.3 Å². The summed E-state index contributed by atoms with van der Waals surface area (Å²) >= 11 is 5.74. The Kier molecular flexibility index (Phi) is 3.39. The van der Waals surface area contributed by atoms with Gasteiger partial charge in [-0.15, -0.1) is 0 Å². The van der Waals surface area contributed by atoms with Gasteiger partial charge in [0.05, 0.1) is 0 Å². The number of Topliss-reactive ketones (excluding diaryl/α,β-unsaturated/α-hetero) is 2. The SMILES string of the molecule is O=C(CC1CCCC1=O)c1ccc(Cl)cc1. The van der Waals surface area contributed by atoms with Gasteiger partial charge in [-0.25, -0.2) is 0 Å². The standard InChI is InChI=1S/C13H13ClO2/c14-11-6-4-9(5-7-11)13(16)8-10-2-1-3-12(10)15/h4-7,10H,1-3,8H2. The van der Waals surface area contributed by atoms with E-state index in [1.807, 2.05) is 0 Å². The van der Waals surface area contributed by atoms with Crippen LogP contribution in [0.5, 0.6) is 0 Å². The lowest BCUT2D eigenvalue weighted by atomic mass is 9.96. The van der Waals surface area contributed by atoms with Gasteiger partial charge in [-0.1, -0.05) is 11.6 Å². The molecule has 0 N–H and O–H groups in total. The van der Waals surface area contributed by atoms with Gasteiger partial charge in [0.15, 0.2) is 5.78 Å². The Morgan fingerprint density at radius 3 is 2.56 bits per heavy atom. The van der Waals surface area contributed by atoms with Crippen LogP contribution in [0.4, 0.5) is 0 Å². The third-order valence-electron chi connectivity index (χ3n) is 3.03. The molecule has 1 fully saturated rings. The summed E-state index contributed by atoms with van der Waals surface area (Å²) in [7, 11) is 0. The topological polar surface area (TPSA) is 34.1 Å². The van der Waals surface area contributed by atoms with Crippen molar-refractivity contribution >= 4 is 23.2 Å². The Labute approximate surface area is 99.6 Å². The maximum atomic E-state index is 11.9. The predicted octanol–water partition coefficient (Wildman–Crippen LogP) is 3.28. The first-order valence-corrected chi connectivity index (χ1v) is 5.86. The van der Waals surface area contributed by atoms with Crippen LogP contribution in [0.2, 0.25) is 5.02 Å². The Balaban J connectivity index is 2.02. The second kappa shape index (κ2) is 4.79. The van der Waals surface area contributed by atoms with E-state index in [9.17, 15) is 9.59 Å². The number of carbonyl (C=O) groups excluding carboxylic acids is 2. The van der Waals surface area contributed by atoms with Crippen molar-refractivity contribution < 1.29 is 9.59 Å². The summed E-state index contributed by atoms with van der Waals surface area (Å²) in [5.74, 6) is 0.224. The third-order valence-corrected chi connectivity index (χ3v) is 3.28. The van der Waals surface area contributed by atoms with Crippen LogP contribution in [-0.4, -0.2) is 11.6 Å². The van der Waals surface area contributed by atoms with Crippen LogP contribution < -0.4 is 0 Å². The van der Waals surface area contributed by atoms with E-state index in [0.717, 1.165) is 12.8 Å². The van der Waals surface area contributed by atoms with Gasteiger partial charge in [0, 0.05) is 29.3 Å². The number of hydrogen-bond donors (Lipinski definition) is 0. The lowest BCUT2D eigenvalue weighted by Gasteiger charge is -2.06. The molecule has 0 spiro atoms. The smallest absolute Gasteiger partial charge is 0.163 e. The second-order valence-corrected chi connectivity index (χ2v) is 4.63. The highest BCUT2D eigenvalue weighted by molar-refractivity contribution is 6.30. The summed E-state index contributed by atoms with van der Waals surface area (Å²) in [6.45, 7) is 0. The summed E-state index contributed by atoms with van der Waals surface area (Å²) in [6, 6.07) is 6.82. The first-order chi connectivity index (χ1) is 7.66. The minimum Gasteiger partial charge on any atom is -0.299 e. The number of ketones is 2. The Hall–Kier alpha value is -1.15. The zero-order chi connectivity index (χ0) is 11.5. The summed E-state index contributed by atoms with van der Waals surface area (Å²) in [5, 5.41) is 0.619. The van der Waals surface area contributed by atoms with Gasteiger partial charge in [-0.2, -0.15) is 0 Å². The van der Waals surface area contributed by atoms with Crippen molar-refractivity contribution in [3.63, 3.8) is 0 Å². The molecule has 1 aromatic carbocycles.